The van der Waals surface area contributed by atoms with Crippen LogP contribution in [-0.4, -0.2) is 36.7 Å². The van der Waals surface area contributed by atoms with Gasteiger partial charge in [0.2, 0.25) is 10.0 Å². The fourth-order valence-corrected chi connectivity index (χ4v) is 5.30. The van der Waals surface area contributed by atoms with Gasteiger partial charge >= 0.3 is 0 Å². The van der Waals surface area contributed by atoms with E-state index in [0.717, 1.165) is 24.7 Å². The van der Waals surface area contributed by atoms with Gasteiger partial charge in [0, 0.05) is 6.54 Å². The monoisotopic (exact) mass is 410 g/mol. The summed E-state index contributed by atoms with van der Waals surface area (Å²) >= 11 is 0. The highest BCUT2D eigenvalue weighted by Crippen LogP contribution is 2.32. The fraction of sp³-hybridized carbons (Fsp3) is 0.333. The molecule has 1 aliphatic heterocycles. The molecule has 0 aromatic heterocycles. The summed E-state index contributed by atoms with van der Waals surface area (Å²) in [7, 11) is -5.71. The number of ether oxygens (including phenoxy) is 1. The Labute approximate surface area is 160 Å². The predicted molar refractivity (Wildman–Crippen MR) is 105 cm³/mol. The van der Waals surface area contributed by atoms with E-state index >= 15 is 0 Å². The minimum atomic E-state index is -3.81. The zero-order valence-corrected chi connectivity index (χ0v) is 17.0. The minimum absolute atomic E-state index is 0.110. The number of hydrogen-bond donors (Lipinski definition) is 1. The van der Waals surface area contributed by atoms with Crippen LogP contribution in [0.5, 0.6) is 5.75 Å². The van der Waals surface area contributed by atoms with Gasteiger partial charge in [-0.3, -0.25) is 9.03 Å². The molecule has 2 aromatic rings. The Balaban J connectivity index is 1.95. The Morgan fingerprint density at radius 2 is 1.81 bits per heavy atom. The highest BCUT2D eigenvalue weighted by atomic mass is 32.2. The molecule has 146 valence electrons. The van der Waals surface area contributed by atoms with E-state index in [1.165, 1.54) is 23.5 Å². The van der Waals surface area contributed by atoms with E-state index < -0.39 is 20.0 Å². The summed E-state index contributed by atoms with van der Waals surface area (Å²) in [6.45, 7) is 2.15. The van der Waals surface area contributed by atoms with Gasteiger partial charge in [0.25, 0.3) is 10.0 Å². The first-order valence-corrected chi connectivity index (χ1v) is 11.7. The van der Waals surface area contributed by atoms with Crippen molar-refractivity contribution in [1.29, 1.82) is 0 Å². The summed E-state index contributed by atoms with van der Waals surface area (Å²) in [5.74, 6) is 0.603. The lowest BCUT2D eigenvalue weighted by molar-refractivity contribution is 0.411. The first-order chi connectivity index (χ1) is 12.6. The fourth-order valence-electron chi connectivity index (χ4n) is 3.18. The quantitative estimate of drug-likeness (QED) is 0.818. The molecule has 27 heavy (non-hydrogen) atoms. The van der Waals surface area contributed by atoms with E-state index in [4.69, 9.17) is 4.74 Å². The van der Waals surface area contributed by atoms with E-state index in [1.807, 2.05) is 0 Å². The van der Waals surface area contributed by atoms with Crippen molar-refractivity contribution >= 4 is 31.4 Å². The molecule has 1 N–H and O–H groups in total. The average molecular weight is 411 g/mol. The number of fused-ring (bicyclic) bond motifs is 1. The molecule has 0 fully saturated rings. The van der Waals surface area contributed by atoms with E-state index in [9.17, 15) is 16.8 Å². The van der Waals surface area contributed by atoms with Gasteiger partial charge in [-0.05, 0) is 61.2 Å². The maximum absolute atomic E-state index is 12.7. The molecule has 1 aliphatic rings. The first-order valence-electron chi connectivity index (χ1n) is 8.40. The van der Waals surface area contributed by atoms with Gasteiger partial charge in [-0.25, -0.2) is 16.8 Å². The van der Waals surface area contributed by atoms with Crippen molar-refractivity contribution < 1.29 is 21.6 Å². The Bertz CT molecular complexity index is 1080. The van der Waals surface area contributed by atoms with Gasteiger partial charge < -0.3 is 4.74 Å². The number of benzene rings is 2. The average Bonchev–Trinajstić information content (AvgIpc) is 2.60. The van der Waals surface area contributed by atoms with Gasteiger partial charge in [0.05, 0.1) is 29.6 Å². The van der Waals surface area contributed by atoms with Crippen LogP contribution in [0.4, 0.5) is 11.4 Å². The van der Waals surface area contributed by atoms with Gasteiger partial charge in [0.1, 0.15) is 5.75 Å². The molecule has 0 aliphatic carbocycles. The molecule has 0 saturated heterocycles. The van der Waals surface area contributed by atoms with Crippen LogP contribution in [0.1, 0.15) is 17.5 Å². The van der Waals surface area contributed by atoms with E-state index in [2.05, 4.69) is 4.72 Å². The summed E-state index contributed by atoms with van der Waals surface area (Å²) in [6.07, 6.45) is 2.64. The van der Waals surface area contributed by atoms with Crippen molar-refractivity contribution in [3.63, 3.8) is 0 Å². The summed E-state index contributed by atoms with van der Waals surface area (Å²) in [5.41, 5.74) is 2.43. The van der Waals surface area contributed by atoms with Crippen molar-refractivity contribution in [3.8, 4) is 5.75 Å². The van der Waals surface area contributed by atoms with Crippen molar-refractivity contribution in [2.45, 2.75) is 24.7 Å². The Morgan fingerprint density at radius 1 is 1.07 bits per heavy atom. The van der Waals surface area contributed by atoms with E-state index in [1.54, 1.807) is 31.2 Å². The Kier molecular flexibility index (Phi) is 5.09. The van der Waals surface area contributed by atoms with Crippen LogP contribution in [0.25, 0.3) is 0 Å². The maximum Gasteiger partial charge on any atom is 0.261 e. The molecular formula is C18H22N2O5S2. The first kappa shape index (κ1) is 19.5. The van der Waals surface area contributed by atoms with Crippen LogP contribution >= 0.6 is 0 Å². The van der Waals surface area contributed by atoms with E-state index in [-0.39, 0.29) is 4.90 Å². The molecule has 7 nitrogen and oxygen atoms in total. The second kappa shape index (κ2) is 7.05. The number of nitrogens with zero attached hydrogens (tertiary/aromatic N) is 1. The number of sulfonamides is 2. The van der Waals surface area contributed by atoms with Crippen LogP contribution < -0.4 is 13.8 Å². The van der Waals surface area contributed by atoms with Gasteiger partial charge in [-0.2, -0.15) is 0 Å². The molecule has 0 bridgehead atoms. The lowest BCUT2D eigenvalue weighted by Crippen LogP contribution is -2.34. The molecule has 0 saturated carbocycles. The molecule has 0 spiro atoms. The van der Waals surface area contributed by atoms with Crippen LogP contribution in [0.2, 0.25) is 0 Å². The summed E-state index contributed by atoms with van der Waals surface area (Å²) < 4.78 is 58.5. The zero-order chi connectivity index (χ0) is 19.8. The third-order valence-corrected chi connectivity index (χ3v) is 7.05. The highest BCUT2D eigenvalue weighted by molar-refractivity contribution is 7.92. The van der Waals surface area contributed by atoms with Crippen LogP contribution in [-0.2, 0) is 26.5 Å². The van der Waals surface area contributed by atoms with Gasteiger partial charge in [0.15, 0.2) is 0 Å². The number of nitrogens with one attached hydrogen (secondary N) is 1. The number of rotatable bonds is 5. The van der Waals surface area contributed by atoms with E-state index in [0.29, 0.717) is 29.2 Å². The lowest BCUT2D eigenvalue weighted by Gasteiger charge is -2.29. The topological polar surface area (TPSA) is 92.8 Å². The predicted octanol–water partition coefficient (Wildman–Crippen LogP) is 2.52. The second-order valence-electron chi connectivity index (χ2n) is 6.52. The number of anilines is 2. The second-order valence-corrected chi connectivity index (χ2v) is 10.1. The van der Waals surface area contributed by atoms with Crippen LogP contribution in [0.3, 0.4) is 0 Å². The minimum Gasteiger partial charge on any atom is -0.496 e. The van der Waals surface area contributed by atoms with Crippen LogP contribution in [0, 0.1) is 6.92 Å². The summed E-state index contributed by atoms with van der Waals surface area (Å²) in [4.78, 5) is 0.110. The van der Waals surface area contributed by atoms with Crippen LogP contribution in [0.15, 0.2) is 41.3 Å². The molecule has 0 radical (unpaired) electrons. The van der Waals surface area contributed by atoms with Gasteiger partial charge in [-0.15, -0.1) is 0 Å². The summed E-state index contributed by atoms with van der Waals surface area (Å²) in [5, 5.41) is 0. The normalized spacial score (nSPS) is 14.6. The molecule has 2 aromatic carbocycles. The molecule has 3 rings (SSSR count). The Morgan fingerprint density at radius 3 is 2.44 bits per heavy atom. The molecule has 0 unspecified atom stereocenters. The zero-order valence-electron chi connectivity index (χ0n) is 15.4. The summed E-state index contributed by atoms with van der Waals surface area (Å²) in [6, 6.07) is 9.59. The van der Waals surface area contributed by atoms with Gasteiger partial charge in [-0.1, -0.05) is 6.07 Å². The molecule has 0 amide bonds. The van der Waals surface area contributed by atoms with Crippen molar-refractivity contribution in [3.05, 3.63) is 47.5 Å². The maximum atomic E-state index is 12.7. The molecular weight excluding hydrogens is 388 g/mol. The van der Waals surface area contributed by atoms with Crippen molar-refractivity contribution in [2.24, 2.45) is 0 Å². The lowest BCUT2D eigenvalue weighted by atomic mass is 10.0. The highest BCUT2D eigenvalue weighted by Gasteiger charge is 2.25. The van der Waals surface area contributed by atoms with Crippen molar-refractivity contribution in [1.82, 2.24) is 0 Å². The number of methoxy groups -OCH3 is 1. The SMILES string of the molecule is COc1ccc(S(=O)(=O)Nc2ccc3c(c2)N(S(C)(=O)=O)CCC3)cc1C. The van der Waals surface area contributed by atoms with Crippen molar-refractivity contribution in [2.75, 3.05) is 28.9 Å². The third kappa shape index (κ3) is 4.03. The smallest absolute Gasteiger partial charge is 0.261 e. The molecule has 1 heterocycles. The number of aryl methyl sites for hydroxylation is 2. The standard InChI is InChI=1S/C18H22N2O5S2/c1-13-11-16(8-9-18(13)25-2)27(23,24)19-15-7-6-14-5-4-10-20(17(14)12-15)26(3,21)22/h6-9,11-12,19H,4-5,10H2,1-3H3. The largest absolute Gasteiger partial charge is 0.496 e. The number of hydrogen-bond acceptors (Lipinski definition) is 5. The Hall–Kier alpha value is -2.26. The molecule has 9 heteroatoms. The third-order valence-electron chi connectivity index (χ3n) is 4.49. The molecule has 0 atom stereocenters.